The lowest BCUT2D eigenvalue weighted by Gasteiger charge is -2.34. The smallest absolute Gasteiger partial charge is 0.225 e. The van der Waals surface area contributed by atoms with Crippen LogP contribution in [0, 0.1) is 0 Å². The molecular weight excluding hydrogens is 384 g/mol. The number of fused-ring (bicyclic) bond motifs is 1. The fraction of sp³-hybridized carbons (Fsp3) is 0.185. The Kier molecular flexibility index (Phi) is 6.27. The quantitative estimate of drug-likeness (QED) is 0.562. The maximum absolute atomic E-state index is 13.6. The summed E-state index contributed by atoms with van der Waals surface area (Å²) in [5, 5.41) is 0. The van der Waals surface area contributed by atoms with Gasteiger partial charge >= 0.3 is 0 Å². The lowest BCUT2D eigenvalue weighted by molar-refractivity contribution is -0.135. The van der Waals surface area contributed by atoms with Crippen LogP contribution in [0.15, 0.2) is 91.1 Å². The molecule has 1 unspecified atom stereocenters. The Hall–Kier alpha value is -3.66. The fourth-order valence-corrected chi connectivity index (χ4v) is 4.05. The SMILES string of the molecule is CC(=O)N1C=Cc2ccccc2C1CC(=O)N(Cc1ccccc1)Cc1ccccc1. The topological polar surface area (TPSA) is 40.6 Å². The zero-order valence-corrected chi connectivity index (χ0v) is 17.6. The minimum Gasteiger partial charge on any atom is -0.334 e. The molecule has 156 valence electrons. The minimum absolute atomic E-state index is 0.0223. The van der Waals surface area contributed by atoms with Gasteiger partial charge in [0.2, 0.25) is 11.8 Å². The Labute approximate surface area is 183 Å². The van der Waals surface area contributed by atoms with E-state index in [9.17, 15) is 9.59 Å². The third-order valence-corrected chi connectivity index (χ3v) is 5.62. The van der Waals surface area contributed by atoms with Crippen molar-refractivity contribution in [2.45, 2.75) is 32.5 Å². The first-order valence-electron chi connectivity index (χ1n) is 10.5. The van der Waals surface area contributed by atoms with Crippen LogP contribution in [0.5, 0.6) is 0 Å². The fourth-order valence-electron chi connectivity index (χ4n) is 4.05. The van der Waals surface area contributed by atoms with E-state index in [0.29, 0.717) is 13.1 Å². The molecule has 1 atom stereocenters. The highest BCUT2D eigenvalue weighted by molar-refractivity contribution is 5.82. The average molecular weight is 411 g/mol. The van der Waals surface area contributed by atoms with Crippen molar-refractivity contribution in [1.82, 2.24) is 9.80 Å². The summed E-state index contributed by atoms with van der Waals surface area (Å²) in [6.45, 7) is 2.60. The van der Waals surface area contributed by atoms with Crippen molar-refractivity contribution < 1.29 is 9.59 Å². The molecule has 0 radical (unpaired) electrons. The summed E-state index contributed by atoms with van der Waals surface area (Å²) in [6, 6.07) is 27.7. The first-order chi connectivity index (χ1) is 15.1. The largest absolute Gasteiger partial charge is 0.334 e. The van der Waals surface area contributed by atoms with Gasteiger partial charge < -0.3 is 9.80 Å². The van der Waals surface area contributed by atoms with E-state index in [-0.39, 0.29) is 24.3 Å². The molecule has 31 heavy (non-hydrogen) atoms. The molecular formula is C27H26N2O2. The number of carbonyl (C=O) groups excluding carboxylic acids is 2. The molecule has 2 amide bonds. The lowest BCUT2D eigenvalue weighted by atomic mass is 9.93. The first-order valence-corrected chi connectivity index (χ1v) is 10.5. The number of benzene rings is 3. The zero-order valence-electron chi connectivity index (χ0n) is 17.6. The van der Waals surface area contributed by atoms with E-state index in [1.54, 1.807) is 18.0 Å². The van der Waals surface area contributed by atoms with Crippen LogP contribution in [0.1, 0.15) is 41.6 Å². The summed E-state index contributed by atoms with van der Waals surface area (Å²) >= 11 is 0. The van der Waals surface area contributed by atoms with Gasteiger partial charge in [-0.05, 0) is 28.3 Å². The Morgan fingerprint density at radius 2 is 1.35 bits per heavy atom. The van der Waals surface area contributed by atoms with Crippen molar-refractivity contribution in [2.24, 2.45) is 0 Å². The molecule has 1 heterocycles. The molecule has 4 rings (SSSR count). The van der Waals surface area contributed by atoms with Crippen molar-refractivity contribution in [3.63, 3.8) is 0 Å². The third kappa shape index (κ3) is 4.92. The highest BCUT2D eigenvalue weighted by Gasteiger charge is 2.30. The summed E-state index contributed by atoms with van der Waals surface area (Å²) in [7, 11) is 0. The molecule has 0 aliphatic carbocycles. The van der Waals surface area contributed by atoms with Gasteiger partial charge in [0.15, 0.2) is 0 Å². The summed E-state index contributed by atoms with van der Waals surface area (Å²) in [4.78, 5) is 29.4. The average Bonchev–Trinajstić information content (AvgIpc) is 2.80. The van der Waals surface area contributed by atoms with Gasteiger partial charge in [0, 0.05) is 26.2 Å². The monoisotopic (exact) mass is 410 g/mol. The molecule has 1 aliphatic rings. The van der Waals surface area contributed by atoms with Gasteiger partial charge in [0.05, 0.1) is 12.5 Å². The van der Waals surface area contributed by atoms with Crippen LogP contribution in [0.25, 0.3) is 6.08 Å². The van der Waals surface area contributed by atoms with Gasteiger partial charge in [-0.25, -0.2) is 0 Å². The highest BCUT2D eigenvalue weighted by atomic mass is 16.2. The van der Waals surface area contributed by atoms with Crippen LogP contribution in [-0.2, 0) is 22.7 Å². The van der Waals surface area contributed by atoms with E-state index in [1.165, 1.54) is 0 Å². The predicted molar refractivity (Wildman–Crippen MR) is 122 cm³/mol. The van der Waals surface area contributed by atoms with Gasteiger partial charge in [-0.15, -0.1) is 0 Å². The molecule has 4 nitrogen and oxygen atoms in total. The summed E-state index contributed by atoms with van der Waals surface area (Å²) in [6.07, 6.45) is 3.96. The van der Waals surface area contributed by atoms with E-state index in [2.05, 4.69) is 0 Å². The molecule has 0 bridgehead atoms. The summed E-state index contributed by atoms with van der Waals surface area (Å²) in [5.41, 5.74) is 4.22. The summed E-state index contributed by atoms with van der Waals surface area (Å²) < 4.78 is 0. The molecule has 1 aliphatic heterocycles. The second-order valence-corrected chi connectivity index (χ2v) is 7.81. The Balaban J connectivity index is 1.61. The number of hydrogen-bond acceptors (Lipinski definition) is 2. The number of nitrogens with zero attached hydrogens (tertiary/aromatic N) is 2. The molecule has 0 saturated heterocycles. The van der Waals surface area contributed by atoms with Crippen molar-refractivity contribution >= 4 is 17.9 Å². The van der Waals surface area contributed by atoms with E-state index in [1.807, 2.05) is 95.9 Å². The molecule has 4 heteroatoms. The molecule has 0 aromatic heterocycles. The van der Waals surface area contributed by atoms with Gasteiger partial charge in [0.1, 0.15) is 0 Å². The number of hydrogen-bond donors (Lipinski definition) is 0. The van der Waals surface area contributed by atoms with Crippen LogP contribution in [0.4, 0.5) is 0 Å². The molecule has 0 spiro atoms. The second kappa shape index (κ2) is 9.43. The van der Waals surface area contributed by atoms with Crippen molar-refractivity contribution in [3.05, 3.63) is 113 Å². The lowest BCUT2D eigenvalue weighted by Crippen LogP contribution is -2.37. The Bertz CT molecular complexity index is 1040. The van der Waals surface area contributed by atoms with E-state index >= 15 is 0 Å². The van der Waals surface area contributed by atoms with Crippen LogP contribution in [0.3, 0.4) is 0 Å². The summed E-state index contributed by atoms with van der Waals surface area (Å²) in [5.74, 6) is -0.0460. The van der Waals surface area contributed by atoms with Crippen LogP contribution in [-0.4, -0.2) is 21.6 Å². The van der Waals surface area contributed by atoms with Crippen molar-refractivity contribution in [2.75, 3.05) is 0 Å². The van der Waals surface area contributed by atoms with Crippen molar-refractivity contribution in [1.29, 1.82) is 0 Å². The standard InChI is InChI=1S/C27H26N2O2/c1-21(30)29-17-16-24-14-8-9-15-25(24)26(29)18-27(31)28(19-22-10-4-2-5-11-22)20-23-12-6-3-7-13-23/h2-17,26H,18-20H2,1H3. The molecule has 3 aromatic carbocycles. The van der Waals surface area contributed by atoms with Gasteiger partial charge in [-0.2, -0.15) is 0 Å². The number of carbonyl (C=O) groups is 2. The molecule has 0 saturated carbocycles. The van der Waals surface area contributed by atoms with Crippen LogP contribution >= 0.6 is 0 Å². The van der Waals surface area contributed by atoms with Gasteiger partial charge in [-0.1, -0.05) is 84.9 Å². The van der Waals surface area contributed by atoms with E-state index < -0.39 is 0 Å². The normalized spacial score (nSPS) is 14.7. The van der Waals surface area contributed by atoms with Crippen LogP contribution < -0.4 is 0 Å². The highest BCUT2D eigenvalue weighted by Crippen LogP contribution is 2.33. The van der Waals surface area contributed by atoms with E-state index in [4.69, 9.17) is 0 Å². The zero-order chi connectivity index (χ0) is 21.6. The Morgan fingerprint density at radius 1 is 0.806 bits per heavy atom. The van der Waals surface area contributed by atoms with Crippen LogP contribution in [0.2, 0.25) is 0 Å². The maximum Gasteiger partial charge on any atom is 0.225 e. The number of rotatable bonds is 6. The Morgan fingerprint density at radius 3 is 1.94 bits per heavy atom. The maximum atomic E-state index is 13.6. The predicted octanol–water partition coefficient (Wildman–Crippen LogP) is 5.18. The van der Waals surface area contributed by atoms with Gasteiger partial charge in [0.25, 0.3) is 0 Å². The number of amides is 2. The van der Waals surface area contributed by atoms with Crippen molar-refractivity contribution in [3.8, 4) is 0 Å². The minimum atomic E-state index is -0.305. The first kappa shape index (κ1) is 20.6. The van der Waals surface area contributed by atoms with Gasteiger partial charge in [-0.3, -0.25) is 9.59 Å². The molecule has 0 N–H and O–H groups in total. The third-order valence-electron chi connectivity index (χ3n) is 5.62. The molecule has 3 aromatic rings. The molecule has 0 fully saturated rings. The second-order valence-electron chi connectivity index (χ2n) is 7.81. The van der Waals surface area contributed by atoms with E-state index in [0.717, 1.165) is 22.3 Å².